The van der Waals surface area contributed by atoms with Gasteiger partial charge in [-0.15, -0.1) is 0 Å². The first kappa shape index (κ1) is 19.8. The highest BCUT2D eigenvalue weighted by atomic mass is 35.5. The lowest BCUT2D eigenvalue weighted by Gasteiger charge is -2.23. The van der Waals surface area contributed by atoms with Crippen LogP contribution < -0.4 is 5.32 Å². The Labute approximate surface area is 144 Å². The van der Waals surface area contributed by atoms with Crippen molar-refractivity contribution in [3.63, 3.8) is 0 Å². The van der Waals surface area contributed by atoms with Crippen LogP contribution in [0.1, 0.15) is 46.0 Å². The number of hydrogen-bond donors (Lipinski definition) is 1. The first-order chi connectivity index (χ1) is 10.9. The van der Waals surface area contributed by atoms with Crippen molar-refractivity contribution in [2.24, 2.45) is 0 Å². The fourth-order valence-electron chi connectivity index (χ4n) is 2.07. The Morgan fingerprint density at radius 1 is 1.09 bits per heavy atom. The molecule has 5 nitrogen and oxygen atoms in total. The van der Waals surface area contributed by atoms with Crippen molar-refractivity contribution in [2.45, 2.75) is 50.8 Å². The van der Waals surface area contributed by atoms with Crippen LogP contribution in [0.25, 0.3) is 0 Å². The summed E-state index contributed by atoms with van der Waals surface area (Å²) >= 11 is 5.80. The quantitative estimate of drug-likeness (QED) is 0.676. The van der Waals surface area contributed by atoms with Crippen LogP contribution in [0, 0.1) is 0 Å². The van der Waals surface area contributed by atoms with Gasteiger partial charge in [-0.05, 0) is 37.1 Å². The van der Waals surface area contributed by atoms with Crippen molar-refractivity contribution >= 4 is 27.7 Å². The van der Waals surface area contributed by atoms with E-state index >= 15 is 0 Å². The number of nitrogens with zero attached hydrogens (tertiary/aromatic N) is 1. The van der Waals surface area contributed by atoms with Gasteiger partial charge in [0.05, 0.1) is 4.90 Å². The van der Waals surface area contributed by atoms with E-state index in [0.717, 1.165) is 30.0 Å². The third-order valence-corrected chi connectivity index (χ3v) is 5.42. The Bertz CT molecular complexity index is 588. The lowest BCUT2D eigenvalue weighted by Crippen LogP contribution is -2.44. The molecule has 0 aliphatic carbocycles. The molecule has 1 rings (SSSR count). The Kier molecular flexibility index (Phi) is 8.41. The largest absolute Gasteiger partial charge is 0.337 e. The Balaban J connectivity index is 2.95. The van der Waals surface area contributed by atoms with Crippen LogP contribution in [0.2, 0.25) is 5.02 Å². The number of halogens is 1. The maximum absolute atomic E-state index is 12.7. The van der Waals surface area contributed by atoms with Crippen molar-refractivity contribution in [2.75, 3.05) is 13.1 Å². The van der Waals surface area contributed by atoms with Crippen molar-refractivity contribution in [1.82, 2.24) is 9.62 Å². The van der Waals surface area contributed by atoms with Gasteiger partial charge in [0.1, 0.15) is 0 Å². The fraction of sp³-hybridized carbons (Fsp3) is 0.562. The minimum atomic E-state index is -3.87. The van der Waals surface area contributed by atoms with Gasteiger partial charge in [0.15, 0.2) is 0 Å². The second-order valence-corrected chi connectivity index (χ2v) is 7.62. The second-order valence-electron chi connectivity index (χ2n) is 5.32. The van der Waals surface area contributed by atoms with Crippen molar-refractivity contribution < 1.29 is 13.2 Å². The average Bonchev–Trinajstić information content (AvgIpc) is 2.52. The molecule has 1 aromatic carbocycles. The molecule has 0 heterocycles. The summed E-state index contributed by atoms with van der Waals surface area (Å²) in [4.78, 5) is 12.3. The highest BCUT2D eigenvalue weighted by Gasteiger charge is 2.28. The topological polar surface area (TPSA) is 66.5 Å². The van der Waals surface area contributed by atoms with E-state index in [9.17, 15) is 13.2 Å². The van der Waals surface area contributed by atoms with Crippen molar-refractivity contribution in [3.8, 4) is 0 Å². The molecule has 0 radical (unpaired) electrons. The fourth-order valence-corrected chi connectivity index (χ4v) is 3.58. The standard InChI is InChI=1S/C16H25ClN2O3S/c1-3-5-6-7-13-19(16(20)18-12-4-2)23(21,22)15-10-8-14(17)9-11-15/h8-11H,3-7,12-13H2,1-2H3,(H,18,20). The third-order valence-electron chi connectivity index (χ3n) is 3.37. The average molecular weight is 361 g/mol. The molecule has 0 saturated carbocycles. The normalized spacial score (nSPS) is 11.3. The summed E-state index contributed by atoms with van der Waals surface area (Å²) in [7, 11) is -3.87. The van der Waals surface area contributed by atoms with Crippen LogP contribution in [0.15, 0.2) is 29.2 Å². The molecule has 0 aliphatic rings. The number of hydrogen-bond acceptors (Lipinski definition) is 3. The predicted octanol–water partition coefficient (Wildman–Crippen LogP) is 4.03. The smallest absolute Gasteiger partial charge is 0.331 e. The second kappa shape index (κ2) is 9.78. The summed E-state index contributed by atoms with van der Waals surface area (Å²) in [6.45, 7) is 4.62. The predicted molar refractivity (Wildman–Crippen MR) is 93.2 cm³/mol. The van der Waals surface area contributed by atoms with Gasteiger partial charge < -0.3 is 5.32 Å². The highest BCUT2D eigenvalue weighted by Crippen LogP contribution is 2.19. The van der Waals surface area contributed by atoms with Crippen LogP contribution in [0.4, 0.5) is 4.79 Å². The molecule has 0 bridgehead atoms. The number of nitrogens with one attached hydrogen (secondary N) is 1. The van der Waals surface area contributed by atoms with Crippen molar-refractivity contribution in [3.05, 3.63) is 29.3 Å². The molecule has 0 saturated heterocycles. The zero-order chi connectivity index (χ0) is 17.3. The molecular weight excluding hydrogens is 336 g/mol. The number of carbonyl (C=O) groups is 1. The van der Waals surface area contributed by atoms with E-state index in [-0.39, 0.29) is 11.4 Å². The maximum Gasteiger partial charge on any atom is 0.331 e. The van der Waals surface area contributed by atoms with Crippen LogP contribution in [0.5, 0.6) is 0 Å². The van der Waals surface area contributed by atoms with E-state index in [1.165, 1.54) is 24.3 Å². The van der Waals surface area contributed by atoms with E-state index in [1.807, 2.05) is 6.92 Å². The molecule has 0 spiro atoms. The zero-order valence-electron chi connectivity index (χ0n) is 13.7. The molecule has 2 amide bonds. The van der Waals surface area contributed by atoms with Crippen LogP contribution in [-0.4, -0.2) is 31.8 Å². The number of rotatable bonds is 9. The van der Waals surface area contributed by atoms with Gasteiger partial charge >= 0.3 is 6.03 Å². The molecule has 0 aromatic heterocycles. The SMILES string of the molecule is CCCCCCN(C(=O)NCCC)S(=O)(=O)c1ccc(Cl)cc1. The Morgan fingerprint density at radius 3 is 2.30 bits per heavy atom. The molecule has 0 fully saturated rings. The number of unbranched alkanes of at least 4 members (excludes halogenated alkanes) is 3. The number of benzene rings is 1. The molecule has 7 heteroatoms. The van der Waals surface area contributed by atoms with Gasteiger partial charge in [-0.3, -0.25) is 0 Å². The van der Waals surface area contributed by atoms with Gasteiger partial charge in [-0.25, -0.2) is 17.5 Å². The lowest BCUT2D eigenvalue weighted by molar-refractivity contribution is 0.222. The van der Waals surface area contributed by atoms with Gasteiger partial charge in [0, 0.05) is 18.1 Å². The Hall–Kier alpha value is -1.27. The summed E-state index contributed by atoms with van der Waals surface area (Å²) in [6, 6.07) is 5.29. The summed E-state index contributed by atoms with van der Waals surface area (Å²) in [6.07, 6.45) is 4.36. The van der Waals surface area contributed by atoms with Crippen molar-refractivity contribution in [1.29, 1.82) is 0 Å². The number of sulfonamides is 1. The van der Waals surface area contributed by atoms with E-state index in [1.54, 1.807) is 0 Å². The van der Waals surface area contributed by atoms with E-state index in [4.69, 9.17) is 11.6 Å². The monoisotopic (exact) mass is 360 g/mol. The summed E-state index contributed by atoms with van der Waals surface area (Å²) in [5, 5.41) is 3.10. The highest BCUT2D eigenvalue weighted by molar-refractivity contribution is 7.89. The summed E-state index contributed by atoms with van der Waals surface area (Å²) in [5.41, 5.74) is 0. The number of urea groups is 1. The van der Waals surface area contributed by atoms with Gasteiger partial charge in [0.25, 0.3) is 10.0 Å². The lowest BCUT2D eigenvalue weighted by atomic mass is 10.2. The minimum Gasteiger partial charge on any atom is -0.337 e. The summed E-state index contributed by atoms with van der Waals surface area (Å²) < 4.78 is 26.4. The molecule has 23 heavy (non-hydrogen) atoms. The van der Waals surface area contributed by atoms with Gasteiger partial charge in [0.2, 0.25) is 0 Å². The Morgan fingerprint density at radius 2 is 1.74 bits per heavy atom. The van der Waals surface area contributed by atoms with Gasteiger partial charge in [-0.1, -0.05) is 44.7 Å². The van der Waals surface area contributed by atoms with Crippen LogP contribution in [-0.2, 0) is 10.0 Å². The van der Waals surface area contributed by atoms with Crippen LogP contribution >= 0.6 is 11.6 Å². The molecule has 0 aliphatic heterocycles. The zero-order valence-corrected chi connectivity index (χ0v) is 15.3. The molecule has 1 aromatic rings. The number of amides is 2. The molecule has 1 N–H and O–H groups in total. The first-order valence-corrected chi connectivity index (χ1v) is 9.81. The van der Waals surface area contributed by atoms with E-state index < -0.39 is 16.1 Å². The van der Waals surface area contributed by atoms with Crippen LogP contribution in [0.3, 0.4) is 0 Å². The third kappa shape index (κ3) is 6.03. The molecule has 0 atom stereocenters. The molecular formula is C16H25ClN2O3S. The maximum atomic E-state index is 12.7. The number of carbonyl (C=O) groups excluding carboxylic acids is 1. The van der Waals surface area contributed by atoms with E-state index in [2.05, 4.69) is 12.2 Å². The first-order valence-electron chi connectivity index (χ1n) is 7.99. The minimum absolute atomic E-state index is 0.0732. The van der Waals surface area contributed by atoms with Gasteiger partial charge in [-0.2, -0.15) is 0 Å². The summed E-state index contributed by atoms with van der Waals surface area (Å²) in [5.74, 6) is 0. The molecule has 130 valence electrons. The van der Waals surface area contributed by atoms with E-state index in [0.29, 0.717) is 18.0 Å². The molecule has 0 unspecified atom stereocenters.